The Balaban J connectivity index is 2.85. The number of ether oxygens (including phenoxy) is 1. The summed E-state index contributed by atoms with van der Waals surface area (Å²) in [5.74, 6) is 0.0616. The molecule has 0 saturated heterocycles. The molecule has 0 aliphatic carbocycles. The lowest BCUT2D eigenvalue weighted by Gasteiger charge is -2.03. The second-order valence-corrected chi connectivity index (χ2v) is 3.06. The maximum Gasteiger partial charge on any atom is 0.335 e. The third-order valence-electron chi connectivity index (χ3n) is 1.55. The standard InChI is InChI=1S/C10H10O2S/c1-3-10(11)12-8-4-5-9(13)7(2)6-8/h3-6,13H,1H2,2H3. The van der Waals surface area contributed by atoms with Gasteiger partial charge < -0.3 is 4.74 Å². The van der Waals surface area contributed by atoms with Crippen LogP contribution in [0.3, 0.4) is 0 Å². The molecule has 0 spiro atoms. The number of carbonyl (C=O) groups excluding carboxylic acids is 1. The van der Waals surface area contributed by atoms with Crippen LogP contribution in [0.5, 0.6) is 5.75 Å². The first-order valence-corrected chi connectivity index (χ1v) is 4.22. The summed E-state index contributed by atoms with van der Waals surface area (Å²) in [7, 11) is 0. The van der Waals surface area contributed by atoms with E-state index in [1.807, 2.05) is 6.92 Å². The molecule has 0 radical (unpaired) electrons. The van der Waals surface area contributed by atoms with Gasteiger partial charge in [0.05, 0.1) is 0 Å². The maximum atomic E-state index is 10.8. The van der Waals surface area contributed by atoms with Crippen LogP contribution in [0.1, 0.15) is 5.56 Å². The van der Waals surface area contributed by atoms with Crippen molar-refractivity contribution in [3.8, 4) is 5.75 Å². The first-order chi connectivity index (χ1) is 6.13. The number of benzene rings is 1. The first-order valence-electron chi connectivity index (χ1n) is 3.77. The highest BCUT2D eigenvalue weighted by Crippen LogP contribution is 2.19. The molecule has 0 bridgehead atoms. The first kappa shape index (κ1) is 9.86. The van der Waals surface area contributed by atoms with Gasteiger partial charge in [-0.3, -0.25) is 0 Å². The number of hydrogen-bond acceptors (Lipinski definition) is 3. The predicted molar refractivity (Wildman–Crippen MR) is 54.3 cm³/mol. The third-order valence-corrected chi connectivity index (χ3v) is 2.06. The summed E-state index contributed by atoms with van der Waals surface area (Å²) in [5.41, 5.74) is 0.970. The molecule has 1 aromatic rings. The van der Waals surface area contributed by atoms with Crippen molar-refractivity contribution in [3.63, 3.8) is 0 Å². The van der Waals surface area contributed by atoms with E-state index in [-0.39, 0.29) is 0 Å². The molecule has 0 aliphatic rings. The zero-order chi connectivity index (χ0) is 9.84. The van der Waals surface area contributed by atoms with Gasteiger partial charge in [-0.25, -0.2) is 4.79 Å². The fourth-order valence-corrected chi connectivity index (χ4v) is 0.988. The number of carbonyl (C=O) groups is 1. The van der Waals surface area contributed by atoms with Gasteiger partial charge in [0.25, 0.3) is 0 Å². The van der Waals surface area contributed by atoms with Crippen LogP contribution in [0.4, 0.5) is 0 Å². The minimum absolute atomic E-state index is 0.452. The highest BCUT2D eigenvalue weighted by atomic mass is 32.1. The van der Waals surface area contributed by atoms with Gasteiger partial charge in [-0.15, -0.1) is 12.6 Å². The average molecular weight is 194 g/mol. The molecule has 0 aromatic heterocycles. The minimum Gasteiger partial charge on any atom is -0.423 e. The van der Waals surface area contributed by atoms with E-state index >= 15 is 0 Å². The van der Waals surface area contributed by atoms with Crippen molar-refractivity contribution in [3.05, 3.63) is 36.4 Å². The van der Waals surface area contributed by atoms with E-state index in [2.05, 4.69) is 19.2 Å². The second kappa shape index (κ2) is 4.14. The number of aryl methyl sites for hydroxylation is 1. The SMILES string of the molecule is C=CC(=O)Oc1ccc(S)c(C)c1. The van der Waals surface area contributed by atoms with Crippen LogP contribution in [-0.4, -0.2) is 5.97 Å². The van der Waals surface area contributed by atoms with E-state index in [0.29, 0.717) is 5.75 Å². The van der Waals surface area contributed by atoms with E-state index in [4.69, 9.17) is 4.74 Å². The fourth-order valence-electron chi connectivity index (χ4n) is 0.849. The molecule has 1 rings (SSSR count). The van der Waals surface area contributed by atoms with Crippen molar-refractivity contribution in [1.29, 1.82) is 0 Å². The molecule has 3 heteroatoms. The van der Waals surface area contributed by atoms with Crippen LogP contribution >= 0.6 is 12.6 Å². The van der Waals surface area contributed by atoms with Gasteiger partial charge >= 0.3 is 5.97 Å². The third kappa shape index (κ3) is 2.63. The van der Waals surface area contributed by atoms with Gasteiger partial charge in [-0.2, -0.15) is 0 Å². The molecule has 0 amide bonds. The van der Waals surface area contributed by atoms with Crippen LogP contribution in [0.25, 0.3) is 0 Å². The van der Waals surface area contributed by atoms with Crippen molar-refractivity contribution in [2.24, 2.45) is 0 Å². The molecule has 2 nitrogen and oxygen atoms in total. The Morgan fingerprint density at radius 3 is 2.85 bits per heavy atom. The van der Waals surface area contributed by atoms with E-state index in [1.165, 1.54) is 0 Å². The molecular formula is C10H10O2S. The highest BCUT2D eigenvalue weighted by Gasteiger charge is 2.00. The quantitative estimate of drug-likeness (QED) is 0.338. The van der Waals surface area contributed by atoms with E-state index < -0.39 is 5.97 Å². The van der Waals surface area contributed by atoms with Crippen LogP contribution in [0, 0.1) is 6.92 Å². The molecule has 0 unspecified atom stereocenters. The molecule has 68 valence electrons. The molecule has 13 heavy (non-hydrogen) atoms. The smallest absolute Gasteiger partial charge is 0.335 e. The lowest BCUT2D eigenvalue weighted by molar-refractivity contribution is -0.128. The summed E-state index contributed by atoms with van der Waals surface area (Å²) in [6.45, 7) is 5.20. The fraction of sp³-hybridized carbons (Fsp3) is 0.100. The minimum atomic E-state index is -0.452. The molecule has 0 saturated carbocycles. The predicted octanol–water partition coefficient (Wildman–Crippen LogP) is 2.38. The van der Waals surface area contributed by atoms with Gasteiger partial charge in [0.15, 0.2) is 0 Å². The number of esters is 1. The van der Waals surface area contributed by atoms with Crippen molar-refractivity contribution in [2.45, 2.75) is 11.8 Å². The van der Waals surface area contributed by atoms with Crippen LogP contribution in [0.15, 0.2) is 35.7 Å². The Morgan fingerprint density at radius 1 is 1.62 bits per heavy atom. The molecular weight excluding hydrogens is 184 g/mol. The summed E-state index contributed by atoms with van der Waals surface area (Å²) in [5, 5.41) is 0. The molecule has 0 fully saturated rings. The number of hydrogen-bond donors (Lipinski definition) is 1. The number of thiol groups is 1. The summed E-state index contributed by atoms with van der Waals surface area (Å²) >= 11 is 4.20. The van der Waals surface area contributed by atoms with Gasteiger partial charge in [0.2, 0.25) is 0 Å². The van der Waals surface area contributed by atoms with Crippen molar-refractivity contribution in [1.82, 2.24) is 0 Å². The largest absolute Gasteiger partial charge is 0.423 e. The molecule has 1 aromatic carbocycles. The van der Waals surface area contributed by atoms with Crippen molar-refractivity contribution in [2.75, 3.05) is 0 Å². The Morgan fingerprint density at radius 2 is 2.31 bits per heavy atom. The van der Waals surface area contributed by atoms with Crippen molar-refractivity contribution < 1.29 is 9.53 Å². The molecule has 0 aliphatic heterocycles. The highest BCUT2D eigenvalue weighted by molar-refractivity contribution is 7.80. The zero-order valence-electron chi connectivity index (χ0n) is 7.28. The zero-order valence-corrected chi connectivity index (χ0v) is 8.17. The Hall–Kier alpha value is -1.22. The van der Waals surface area contributed by atoms with E-state index in [1.54, 1.807) is 18.2 Å². The monoisotopic (exact) mass is 194 g/mol. The van der Waals surface area contributed by atoms with Crippen LogP contribution < -0.4 is 4.74 Å². The van der Waals surface area contributed by atoms with E-state index in [0.717, 1.165) is 16.5 Å². The second-order valence-electron chi connectivity index (χ2n) is 2.57. The summed E-state index contributed by atoms with van der Waals surface area (Å²) in [6.07, 6.45) is 1.13. The van der Waals surface area contributed by atoms with Gasteiger partial charge in [-0.05, 0) is 30.7 Å². The molecule has 0 atom stereocenters. The van der Waals surface area contributed by atoms with Gasteiger partial charge in [-0.1, -0.05) is 6.58 Å². The average Bonchev–Trinajstić information content (AvgIpc) is 2.11. The normalized spacial score (nSPS) is 9.38. The molecule has 0 N–H and O–H groups in total. The Labute approximate surface area is 82.6 Å². The summed E-state index contributed by atoms with van der Waals surface area (Å²) in [4.78, 5) is 11.7. The molecule has 0 heterocycles. The lowest BCUT2D eigenvalue weighted by atomic mass is 10.2. The van der Waals surface area contributed by atoms with E-state index in [9.17, 15) is 4.79 Å². The van der Waals surface area contributed by atoms with Crippen molar-refractivity contribution >= 4 is 18.6 Å². The maximum absolute atomic E-state index is 10.8. The summed E-state index contributed by atoms with van der Waals surface area (Å²) in [6, 6.07) is 5.23. The number of rotatable bonds is 2. The topological polar surface area (TPSA) is 26.3 Å². The van der Waals surface area contributed by atoms with Gasteiger partial charge in [0, 0.05) is 11.0 Å². The summed E-state index contributed by atoms with van der Waals surface area (Å²) < 4.78 is 4.91. The van der Waals surface area contributed by atoms with Crippen LogP contribution in [0.2, 0.25) is 0 Å². The Kier molecular flexibility index (Phi) is 3.14. The van der Waals surface area contributed by atoms with Crippen LogP contribution in [-0.2, 0) is 4.79 Å². The Bertz CT molecular complexity index is 345. The lowest BCUT2D eigenvalue weighted by Crippen LogP contribution is -2.02. The van der Waals surface area contributed by atoms with Gasteiger partial charge in [0.1, 0.15) is 5.75 Å².